The minimum absolute atomic E-state index is 0.0222. The molecule has 2 bridgehead atoms. The molecule has 0 radical (unpaired) electrons. The van der Waals surface area contributed by atoms with Crippen LogP contribution in [0.25, 0.3) is 0 Å². The van der Waals surface area contributed by atoms with E-state index in [1.165, 1.54) is 0 Å². The van der Waals surface area contributed by atoms with E-state index in [9.17, 15) is 15.1 Å². The molecule has 2 aliphatic carbocycles. The Bertz CT molecular complexity index is 624. The number of hydroxylamine groups is 3. The monoisotopic (exact) mass is 288 g/mol. The van der Waals surface area contributed by atoms with Crippen LogP contribution in [0, 0.1) is 5.92 Å². The summed E-state index contributed by atoms with van der Waals surface area (Å²) in [6, 6.07) is 5.79. The van der Waals surface area contributed by atoms with Gasteiger partial charge in [0.15, 0.2) is 0 Å². The Morgan fingerprint density at radius 2 is 2.19 bits per heavy atom. The molecule has 3 aliphatic rings. The molecule has 0 amide bonds. The number of ketones is 1. The second-order valence-electron chi connectivity index (χ2n) is 7.28. The van der Waals surface area contributed by atoms with Crippen molar-refractivity contribution in [1.82, 2.24) is 0 Å². The van der Waals surface area contributed by atoms with Gasteiger partial charge in [-0.3, -0.25) is 4.79 Å². The van der Waals surface area contributed by atoms with Gasteiger partial charge in [-0.2, -0.15) is 4.65 Å². The summed E-state index contributed by atoms with van der Waals surface area (Å²) in [7, 11) is 1.87. The van der Waals surface area contributed by atoms with Gasteiger partial charge in [-0.05, 0) is 18.1 Å². The fourth-order valence-electron chi connectivity index (χ4n) is 5.21. The Labute approximate surface area is 124 Å². The maximum Gasteiger partial charge on any atom is 0.133 e. The number of likely N-dealkylation sites (N-methyl/N-ethyl adjacent to an activating group) is 1. The molecule has 1 aromatic rings. The van der Waals surface area contributed by atoms with Gasteiger partial charge >= 0.3 is 0 Å². The predicted octanol–water partition coefficient (Wildman–Crippen LogP) is 2.16. The standard InChI is InChI=1S/C17H21NO3/c1-18(21)8-7-17-10-11(19)5-6-14(17)15(18)9-12-13(17)3-2-4-16(12)20/h2-4,14-15,21H,5-10H2,1H3/p+1/t14-,15+,17+,18?/m0/s1. The summed E-state index contributed by atoms with van der Waals surface area (Å²) >= 11 is 0. The number of fused-ring (bicyclic) bond motifs is 1. The van der Waals surface area contributed by atoms with Crippen molar-refractivity contribution >= 4 is 5.78 Å². The number of nitrogens with zero attached hydrogens (tertiary/aromatic N) is 1. The lowest BCUT2D eigenvalue weighted by Gasteiger charge is -2.58. The summed E-state index contributed by atoms with van der Waals surface area (Å²) in [6.45, 7) is 0.684. The molecule has 1 aliphatic heterocycles. The fourth-order valence-corrected chi connectivity index (χ4v) is 5.21. The van der Waals surface area contributed by atoms with Crippen LogP contribution in [0.3, 0.4) is 0 Å². The highest BCUT2D eigenvalue weighted by Gasteiger charge is 2.61. The maximum atomic E-state index is 12.1. The lowest BCUT2D eigenvalue weighted by atomic mass is 9.52. The zero-order valence-corrected chi connectivity index (χ0v) is 12.4. The number of piperidine rings is 1. The molecule has 4 atom stereocenters. The highest BCUT2D eigenvalue weighted by molar-refractivity contribution is 5.81. The predicted molar refractivity (Wildman–Crippen MR) is 77.1 cm³/mol. The van der Waals surface area contributed by atoms with Gasteiger partial charge in [-0.25, -0.2) is 5.21 Å². The Balaban J connectivity index is 1.95. The van der Waals surface area contributed by atoms with Crippen molar-refractivity contribution in [3.63, 3.8) is 0 Å². The van der Waals surface area contributed by atoms with Crippen molar-refractivity contribution in [1.29, 1.82) is 0 Å². The normalized spacial score (nSPS) is 41.3. The zero-order chi connectivity index (χ0) is 14.8. The summed E-state index contributed by atoms with van der Waals surface area (Å²) in [5, 5.41) is 21.0. The number of Topliss-reactive ketones (excluding diaryl/α,β-unsaturated/α-hetero) is 1. The van der Waals surface area contributed by atoms with Gasteiger partial charge in [-0.1, -0.05) is 12.1 Å². The summed E-state index contributed by atoms with van der Waals surface area (Å²) in [4.78, 5) is 12.1. The largest absolute Gasteiger partial charge is 0.508 e. The number of quaternary nitrogens is 1. The minimum atomic E-state index is -0.160. The van der Waals surface area contributed by atoms with E-state index in [2.05, 4.69) is 6.07 Å². The highest BCUT2D eigenvalue weighted by Crippen LogP contribution is 2.57. The first-order chi connectivity index (χ1) is 9.94. The molecule has 1 unspecified atom stereocenters. The number of phenols is 1. The number of hydrogen-bond acceptors (Lipinski definition) is 3. The van der Waals surface area contributed by atoms with Gasteiger partial charge < -0.3 is 5.11 Å². The molecule has 21 heavy (non-hydrogen) atoms. The number of aromatic hydroxyl groups is 1. The van der Waals surface area contributed by atoms with Crippen LogP contribution >= 0.6 is 0 Å². The molecule has 1 saturated carbocycles. The second kappa shape index (κ2) is 4.08. The van der Waals surface area contributed by atoms with Gasteiger partial charge in [0.05, 0.1) is 7.05 Å². The van der Waals surface area contributed by atoms with Crippen LogP contribution in [0.1, 0.15) is 36.8 Å². The number of carbonyl (C=O) groups is 1. The van der Waals surface area contributed by atoms with Gasteiger partial charge in [0.25, 0.3) is 0 Å². The first-order valence-electron chi connectivity index (χ1n) is 7.85. The summed E-state index contributed by atoms with van der Waals surface area (Å²) in [6.07, 6.45) is 3.60. The van der Waals surface area contributed by atoms with Crippen LogP contribution in [0.4, 0.5) is 0 Å². The Morgan fingerprint density at radius 1 is 1.38 bits per heavy atom. The molecule has 1 saturated heterocycles. The molecule has 0 aromatic heterocycles. The molecule has 2 fully saturated rings. The van der Waals surface area contributed by atoms with Crippen molar-refractivity contribution in [2.75, 3.05) is 13.6 Å². The summed E-state index contributed by atoms with van der Waals surface area (Å²) in [5.41, 5.74) is 1.95. The number of phenolic OH excluding ortho intramolecular Hbond substituents is 1. The number of hydrogen-bond donors (Lipinski definition) is 2. The van der Waals surface area contributed by atoms with Crippen LogP contribution in [0.15, 0.2) is 18.2 Å². The molecule has 1 heterocycles. The van der Waals surface area contributed by atoms with Crippen molar-refractivity contribution in [2.24, 2.45) is 5.92 Å². The number of benzene rings is 1. The number of carbonyl (C=O) groups excluding carboxylic acids is 1. The summed E-state index contributed by atoms with van der Waals surface area (Å²) < 4.78 is 0.0222. The average molecular weight is 288 g/mol. The Hall–Kier alpha value is -1.39. The van der Waals surface area contributed by atoms with Gasteiger partial charge in [0, 0.05) is 42.6 Å². The molecule has 2 N–H and O–H groups in total. The third-order valence-electron chi connectivity index (χ3n) is 6.25. The van der Waals surface area contributed by atoms with Crippen molar-refractivity contribution < 1.29 is 19.8 Å². The first-order valence-corrected chi connectivity index (χ1v) is 7.85. The number of likely N-dealkylation sites (tertiary alicyclic amines) is 1. The minimum Gasteiger partial charge on any atom is -0.508 e. The molecule has 0 spiro atoms. The molecule has 112 valence electrons. The van der Waals surface area contributed by atoms with Gasteiger partial charge in [0.2, 0.25) is 0 Å². The second-order valence-corrected chi connectivity index (χ2v) is 7.28. The molecular formula is C17H22NO3+. The lowest BCUT2D eigenvalue weighted by molar-refractivity contribution is -1.11. The van der Waals surface area contributed by atoms with E-state index in [4.69, 9.17) is 0 Å². The number of rotatable bonds is 0. The van der Waals surface area contributed by atoms with E-state index in [0.29, 0.717) is 43.3 Å². The average Bonchev–Trinajstić information content (AvgIpc) is 2.44. The van der Waals surface area contributed by atoms with Crippen LogP contribution < -0.4 is 0 Å². The van der Waals surface area contributed by atoms with E-state index in [-0.39, 0.29) is 16.1 Å². The van der Waals surface area contributed by atoms with E-state index < -0.39 is 0 Å². The molecule has 4 nitrogen and oxygen atoms in total. The third-order valence-corrected chi connectivity index (χ3v) is 6.25. The van der Waals surface area contributed by atoms with Crippen molar-refractivity contribution in [3.05, 3.63) is 29.3 Å². The molecule has 1 aromatic carbocycles. The van der Waals surface area contributed by atoms with Crippen LogP contribution in [-0.4, -0.2) is 40.4 Å². The van der Waals surface area contributed by atoms with E-state index in [1.54, 1.807) is 6.07 Å². The van der Waals surface area contributed by atoms with E-state index >= 15 is 0 Å². The lowest BCUT2D eigenvalue weighted by Crippen LogP contribution is -2.67. The maximum absolute atomic E-state index is 12.1. The molecule has 4 heteroatoms. The van der Waals surface area contributed by atoms with E-state index in [0.717, 1.165) is 24.0 Å². The quantitative estimate of drug-likeness (QED) is 0.719. The molecule has 4 rings (SSSR count). The molecular weight excluding hydrogens is 266 g/mol. The SMILES string of the molecule is C[N+]1(O)CC[C@]23CC(=O)CC[C@H]2[C@H]1Cc1c(O)cccc13. The van der Waals surface area contributed by atoms with Crippen molar-refractivity contribution in [2.45, 2.75) is 43.6 Å². The van der Waals surface area contributed by atoms with Crippen LogP contribution in [0.2, 0.25) is 0 Å². The van der Waals surface area contributed by atoms with Gasteiger partial charge in [-0.15, -0.1) is 0 Å². The van der Waals surface area contributed by atoms with Crippen LogP contribution in [0.5, 0.6) is 5.75 Å². The highest BCUT2D eigenvalue weighted by atomic mass is 16.5. The van der Waals surface area contributed by atoms with Crippen LogP contribution in [-0.2, 0) is 16.6 Å². The van der Waals surface area contributed by atoms with Gasteiger partial charge in [0.1, 0.15) is 24.1 Å². The third kappa shape index (κ3) is 1.66. The topological polar surface area (TPSA) is 57.5 Å². The smallest absolute Gasteiger partial charge is 0.133 e. The Kier molecular flexibility index (Phi) is 2.58. The summed E-state index contributed by atoms with van der Waals surface area (Å²) in [5.74, 6) is 0.985. The van der Waals surface area contributed by atoms with Crippen molar-refractivity contribution in [3.8, 4) is 5.75 Å². The first kappa shape index (κ1) is 13.3. The zero-order valence-electron chi connectivity index (χ0n) is 12.4. The fraction of sp³-hybridized carbons (Fsp3) is 0.588. The van der Waals surface area contributed by atoms with E-state index in [1.807, 2.05) is 13.1 Å². The Morgan fingerprint density at radius 3 is 3.00 bits per heavy atom.